The molecule has 1 N–H and O–H groups in total. The third-order valence-electron chi connectivity index (χ3n) is 3.43. The minimum atomic E-state index is 0.931. The number of hydrogen-bond acceptors (Lipinski definition) is 2. The highest BCUT2D eigenvalue weighted by molar-refractivity contribution is 7.99. The maximum absolute atomic E-state index is 3.52. The summed E-state index contributed by atoms with van der Waals surface area (Å²) in [6.07, 6.45) is 0. The molecular formula is C19H19NS. The van der Waals surface area contributed by atoms with Crippen molar-refractivity contribution in [2.75, 3.05) is 12.3 Å². The Morgan fingerprint density at radius 1 is 0.762 bits per heavy atom. The van der Waals surface area contributed by atoms with E-state index >= 15 is 0 Å². The molecule has 3 aromatic carbocycles. The predicted octanol–water partition coefficient (Wildman–Crippen LogP) is 4.72. The van der Waals surface area contributed by atoms with Crippen molar-refractivity contribution in [2.45, 2.75) is 11.4 Å². The molecule has 0 saturated heterocycles. The Kier molecular flexibility index (Phi) is 4.93. The lowest BCUT2D eigenvalue weighted by molar-refractivity contribution is 0.733. The number of hydrogen-bond donors (Lipinski definition) is 1. The van der Waals surface area contributed by atoms with Gasteiger partial charge in [-0.3, -0.25) is 0 Å². The van der Waals surface area contributed by atoms with Crippen LogP contribution in [-0.2, 0) is 6.54 Å². The molecule has 3 rings (SSSR count). The lowest BCUT2D eigenvalue weighted by Gasteiger charge is -2.06. The smallest absolute Gasteiger partial charge is 0.0206 e. The Bertz CT molecular complexity index is 694. The number of nitrogens with one attached hydrogen (secondary N) is 1. The van der Waals surface area contributed by atoms with Gasteiger partial charge in [-0.05, 0) is 34.5 Å². The maximum atomic E-state index is 3.52. The summed E-state index contributed by atoms with van der Waals surface area (Å²) in [5.74, 6) is 1.09. The molecule has 0 unspecified atom stereocenters. The highest BCUT2D eigenvalue weighted by Gasteiger charge is 1.97. The van der Waals surface area contributed by atoms with E-state index in [4.69, 9.17) is 0 Å². The highest BCUT2D eigenvalue weighted by atomic mass is 32.2. The molecule has 3 aromatic rings. The number of thioether (sulfide) groups is 1. The van der Waals surface area contributed by atoms with Crippen LogP contribution >= 0.6 is 11.8 Å². The summed E-state index contributed by atoms with van der Waals surface area (Å²) in [7, 11) is 0. The SMILES string of the molecule is c1ccc(SCCNCc2ccc3ccccc3c2)cc1. The van der Waals surface area contributed by atoms with E-state index in [1.54, 1.807) is 0 Å². The molecule has 2 heteroatoms. The Morgan fingerprint density at radius 2 is 1.52 bits per heavy atom. The Labute approximate surface area is 130 Å². The van der Waals surface area contributed by atoms with Crippen LogP contribution in [0.25, 0.3) is 10.8 Å². The minimum absolute atomic E-state index is 0.931. The molecule has 0 saturated carbocycles. The van der Waals surface area contributed by atoms with Gasteiger partial charge in [0.25, 0.3) is 0 Å². The predicted molar refractivity (Wildman–Crippen MR) is 92.8 cm³/mol. The van der Waals surface area contributed by atoms with Gasteiger partial charge in [0.15, 0.2) is 0 Å². The largest absolute Gasteiger partial charge is 0.312 e. The van der Waals surface area contributed by atoms with Gasteiger partial charge in [-0.25, -0.2) is 0 Å². The third-order valence-corrected chi connectivity index (χ3v) is 4.45. The van der Waals surface area contributed by atoms with Gasteiger partial charge in [-0.1, -0.05) is 54.6 Å². The standard InChI is InChI=1S/C19H19NS/c1-2-8-19(9-3-1)21-13-12-20-15-16-10-11-17-6-4-5-7-18(17)14-16/h1-11,14,20H,12-13,15H2. The fourth-order valence-corrected chi connectivity index (χ4v) is 3.17. The molecule has 0 aliphatic carbocycles. The Balaban J connectivity index is 1.46. The van der Waals surface area contributed by atoms with Crippen LogP contribution in [0.3, 0.4) is 0 Å². The van der Waals surface area contributed by atoms with Gasteiger partial charge in [0.1, 0.15) is 0 Å². The fraction of sp³-hybridized carbons (Fsp3) is 0.158. The molecule has 0 bridgehead atoms. The quantitative estimate of drug-likeness (QED) is 0.521. The van der Waals surface area contributed by atoms with E-state index in [-0.39, 0.29) is 0 Å². The lowest BCUT2D eigenvalue weighted by atomic mass is 10.1. The van der Waals surface area contributed by atoms with Gasteiger partial charge in [0.05, 0.1) is 0 Å². The second-order valence-electron chi connectivity index (χ2n) is 5.02. The Hall–Kier alpha value is -1.77. The first-order valence-electron chi connectivity index (χ1n) is 7.28. The first kappa shape index (κ1) is 14.2. The number of rotatable bonds is 6. The molecule has 0 spiro atoms. The van der Waals surface area contributed by atoms with E-state index in [0.717, 1.165) is 18.8 Å². The average Bonchev–Trinajstić information content (AvgIpc) is 2.55. The second kappa shape index (κ2) is 7.30. The molecule has 0 fully saturated rings. The van der Waals surface area contributed by atoms with E-state index in [2.05, 4.69) is 78.1 Å². The van der Waals surface area contributed by atoms with Crippen LogP contribution in [0.4, 0.5) is 0 Å². The van der Waals surface area contributed by atoms with Crippen LogP contribution in [0.5, 0.6) is 0 Å². The minimum Gasteiger partial charge on any atom is -0.312 e. The van der Waals surface area contributed by atoms with Crippen LogP contribution in [0.2, 0.25) is 0 Å². The van der Waals surface area contributed by atoms with Gasteiger partial charge in [0, 0.05) is 23.7 Å². The van der Waals surface area contributed by atoms with Gasteiger partial charge in [-0.2, -0.15) is 0 Å². The zero-order valence-corrected chi connectivity index (χ0v) is 12.8. The zero-order chi connectivity index (χ0) is 14.3. The molecule has 0 radical (unpaired) electrons. The Morgan fingerprint density at radius 3 is 2.38 bits per heavy atom. The number of benzene rings is 3. The molecule has 106 valence electrons. The van der Waals surface area contributed by atoms with Gasteiger partial charge >= 0.3 is 0 Å². The van der Waals surface area contributed by atoms with E-state index in [1.807, 2.05) is 11.8 Å². The normalized spacial score (nSPS) is 10.9. The van der Waals surface area contributed by atoms with Crippen molar-refractivity contribution in [3.8, 4) is 0 Å². The second-order valence-corrected chi connectivity index (χ2v) is 6.19. The molecule has 0 aliphatic heterocycles. The van der Waals surface area contributed by atoms with Crippen molar-refractivity contribution in [3.63, 3.8) is 0 Å². The van der Waals surface area contributed by atoms with E-state index < -0.39 is 0 Å². The molecule has 0 aliphatic rings. The topological polar surface area (TPSA) is 12.0 Å². The summed E-state index contributed by atoms with van der Waals surface area (Å²) < 4.78 is 0. The molecule has 0 aromatic heterocycles. The van der Waals surface area contributed by atoms with E-state index in [0.29, 0.717) is 0 Å². The van der Waals surface area contributed by atoms with Crippen molar-refractivity contribution in [2.24, 2.45) is 0 Å². The van der Waals surface area contributed by atoms with Crippen molar-refractivity contribution in [3.05, 3.63) is 78.4 Å². The van der Waals surface area contributed by atoms with Gasteiger partial charge in [0.2, 0.25) is 0 Å². The number of fused-ring (bicyclic) bond motifs is 1. The summed E-state index contributed by atoms with van der Waals surface area (Å²) in [5.41, 5.74) is 1.35. The fourth-order valence-electron chi connectivity index (χ4n) is 2.34. The zero-order valence-electron chi connectivity index (χ0n) is 12.0. The summed E-state index contributed by atoms with van der Waals surface area (Å²) in [5, 5.41) is 6.14. The van der Waals surface area contributed by atoms with Crippen molar-refractivity contribution in [1.29, 1.82) is 0 Å². The van der Waals surface area contributed by atoms with Crippen LogP contribution in [0.15, 0.2) is 77.7 Å². The van der Waals surface area contributed by atoms with Crippen LogP contribution in [0.1, 0.15) is 5.56 Å². The van der Waals surface area contributed by atoms with Crippen molar-refractivity contribution < 1.29 is 0 Å². The van der Waals surface area contributed by atoms with Crippen molar-refractivity contribution in [1.82, 2.24) is 5.32 Å². The molecule has 1 nitrogen and oxygen atoms in total. The van der Waals surface area contributed by atoms with Gasteiger partial charge in [-0.15, -0.1) is 11.8 Å². The molecule has 0 atom stereocenters. The monoisotopic (exact) mass is 293 g/mol. The summed E-state index contributed by atoms with van der Waals surface area (Å²) in [6, 6.07) is 25.7. The highest BCUT2D eigenvalue weighted by Crippen LogP contribution is 2.17. The summed E-state index contributed by atoms with van der Waals surface area (Å²) in [6.45, 7) is 1.95. The van der Waals surface area contributed by atoms with E-state index in [9.17, 15) is 0 Å². The average molecular weight is 293 g/mol. The molecular weight excluding hydrogens is 274 g/mol. The lowest BCUT2D eigenvalue weighted by Crippen LogP contribution is -2.16. The summed E-state index contributed by atoms with van der Waals surface area (Å²) >= 11 is 1.90. The van der Waals surface area contributed by atoms with Crippen molar-refractivity contribution >= 4 is 22.5 Å². The molecule has 0 amide bonds. The maximum Gasteiger partial charge on any atom is 0.0206 e. The molecule has 0 heterocycles. The molecule has 21 heavy (non-hydrogen) atoms. The van der Waals surface area contributed by atoms with Gasteiger partial charge < -0.3 is 5.32 Å². The first-order valence-corrected chi connectivity index (χ1v) is 8.27. The van der Waals surface area contributed by atoms with Crippen LogP contribution in [-0.4, -0.2) is 12.3 Å². The third kappa shape index (κ3) is 4.10. The van der Waals surface area contributed by atoms with Crippen LogP contribution < -0.4 is 5.32 Å². The summed E-state index contributed by atoms with van der Waals surface area (Å²) in [4.78, 5) is 1.34. The van der Waals surface area contributed by atoms with Crippen LogP contribution in [0, 0.1) is 0 Å². The first-order chi connectivity index (χ1) is 10.4. The van der Waals surface area contributed by atoms with E-state index in [1.165, 1.54) is 21.2 Å².